The van der Waals surface area contributed by atoms with E-state index in [9.17, 15) is 14.4 Å². The van der Waals surface area contributed by atoms with Crippen LogP contribution in [0.4, 0.5) is 0 Å². The predicted molar refractivity (Wildman–Crippen MR) is 93.3 cm³/mol. The Balaban J connectivity index is 1.98. The highest BCUT2D eigenvalue weighted by Gasteiger charge is 2.29. The molecule has 2 rings (SSSR count). The quantitative estimate of drug-likeness (QED) is 0.619. The van der Waals surface area contributed by atoms with Crippen molar-refractivity contribution in [1.82, 2.24) is 5.32 Å². The van der Waals surface area contributed by atoms with Gasteiger partial charge in [-0.15, -0.1) is 0 Å². The van der Waals surface area contributed by atoms with Crippen molar-refractivity contribution in [2.75, 3.05) is 20.3 Å². The molecule has 1 unspecified atom stereocenters. The molecule has 1 saturated carbocycles. The third-order valence-electron chi connectivity index (χ3n) is 3.88. The molecule has 0 heterocycles. The van der Waals surface area contributed by atoms with E-state index in [4.69, 9.17) is 31.5 Å². The number of nitrogens with two attached hydrogens (primary N) is 1. The molecule has 0 saturated heterocycles. The summed E-state index contributed by atoms with van der Waals surface area (Å²) in [5.41, 5.74) is 5.11. The molecule has 26 heavy (non-hydrogen) atoms. The molecule has 1 aromatic rings. The van der Waals surface area contributed by atoms with Crippen LogP contribution in [0.5, 0.6) is 11.5 Å². The summed E-state index contributed by atoms with van der Waals surface area (Å²) in [7, 11) is 1.35. The van der Waals surface area contributed by atoms with Crippen LogP contribution in [0.25, 0.3) is 0 Å². The van der Waals surface area contributed by atoms with E-state index < -0.39 is 18.5 Å². The summed E-state index contributed by atoms with van der Waals surface area (Å²) >= 11 is 6.07. The Morgan fingerprint density at radius 3 is 2.58 bits per heavy atom. The van der Waals surface area contributed by atoms with Crippen LogP contribution in [0.3, 0.4) is 0 Å². The molecule has 8 nitrogen and oxygen atoms in total. The molecule has 0 bridgehead atoms. The number of hydrogen-bond donors (Lipinski definition) is 2. The standard InChI is InChI=1S/C17H21ClN2O6/c1-9(10-3-4-10)20-15(22)8-26-17(23)11-5-12(18)16(13(6-11)24-2)25-7-14(19)21/h5-6,9-10H,3-4,7-8H2,1-2H3,(H2,19,21)(H,20,22). The molecular weight excluding hydrogens is 364 g/mol. The lowest BCUT2D eigenvalue weighted by Gasteiger charge is -2.14. The summed E-state index contributed by atoms with van der Waals surface area (Å²) in [5, 5.41) is 2.83. The van der Waals surface area contributed by atoms with Gasteiger partial charge in [-0.2, -0.15) is 0 Å². The smallest absolute Gasteiger partial charge is 0.338 e. The number of amides is 2. The number of ether oxygens (including phenoxy) is 3. The van der Waals surface area contributed by atoms with Crippen LogP contribution in [0, 0.1) is 5.92 Å². The topological polar surface area (TPSA) is 117 Å². The summed E-state index contributed by atoms with van der Waals surface area (Å²) in [6.07, 6.45) is 2.20. The Morgan fingerprint density at radius 1 is 1.31 bits per heavy atom. The summed E-state index contributed by atoms with van der Waals surface area (Å²) in [4.78, 5) is 34.8. The molecular formula is C17H21ClN2O6. The average Bonchev–Trinajstić information content (AvgIpc) is 3.42. The van der Waals surface area contributed by atoms with E-state index in [0.717, 1.165) is 12.8 Å². The van der Waals surface area contributed by atoms with E-state index in [0.29, 0.717) is 5.92 Å². The average molecular weight is 385 g/mol. The molecule has 3 N–H and O–H groups in total. The van der Waals surface area contributed by atoms with Crippen LogP contribution < -0.4 is 20.5 Å². The van der Waals surface area contributed by atoms with Crippen molar-refractivity contribution >= 4 is 29.4 Å². The van der Waals surface area contributed by atoms with Gasteiger partial charge in [-0.3, -0.25) is 9.59 Å². The van der Waals surface area contributed by atoms with E-state index in [1.165, 1.54) is 19.2 Å². The second kappa shape index (κ2) is 8.75. The zero-order valence-corrected chi connectivity index (χ0v) is 15.3. The number of methoxy groups -OCH3 is 1. The summed E-state index contributed by atoms with van der Waals surface area (Å²) in [5.74, 6) is -1.06. The molecule has 9 heteroatoms. The summed E-state index contributed by atoms with van der Waals surface area (Å²) in [6, 6.07) is 2.71. The molecule has 0 aliphatic heterocycles. The lowest BCUT2D eigenvalue weighted by atomic mass is 10.2. The van der Waals surface area contributed by atoms with E-state index >= 15 is 0 Å². The highest BCUT2D eigenvalue weighted by molar-refractivity contribution is 6.32. The van der Waals surface area contributed by atoms with Gasteiger partial charge < -0.3 is 25.3 Å². The fourth-order valence-corrected chi connectivity index (χ4v) is 2.61. The van der Waals surface area contributed by atoms with Gasteiger partial charge >= 0.3 is 5.97 Å². The highest BCUT2D eigenvalue weighted by Crippen LogP contribution is 2.36. The first-order valence-corrected chi connectivity index (χ1v) is 8.44. The van der Waals surface area contributed by atoms with Crippen LogP contribution >= 0.6 is 11.6 Å². The second-order valence-corrected chi connectivity index (χ2v) is 6.42. The first-order chi connectivity index (χ1) is 12.3. The van der Waals surface area contributed by atoms with Crippen molar-refractivity contribution in [2.24, 2.45) is 11.7 Å². The largest absolute Gasteiger partial charge is 0.493 e. The molecule has 0 aromatic heterocycles. The van der Waals surface area contributed by atoms with Crippen LogP contribution in [0.1, 0.15) is 30.1 Å². The molecule has 1 atom stereocenters. The van der Waals surface area contributed by atoms with Crippen molar-refractivity contribution in [3.8, 4) is 11.5 Å². The van der Waals surface area contributed by atoms with Crippen molar-refractivity contribution in [1.29, 1.82) is 0 Å². The van der Waals surface area contributed by atoms with Crippen LogP contribution in [0.2, 0.25) is 5.02 Å². The van der Waals surface area contributed by atoms with Gasteiger partial charge in [-0.05, 0) is 37.8 Å². The van der Waals surface area contributed by atoms with E-state index in [-0.39, 0.29) is 40.6 Å². The number of primary amides is 1. The molecule has 1 aliphatic carbocycles. The number of rotatable bonds is 9. The number of nitrogens with one attached hydrogen (secondary N) is 1. The van der Waals surface area contributed by atoms with E-state index in [1.54, 1.807) is 0 Å². The Kier molecular flexibility index (Phi) is 6.68. The monoisotopic (exact) mass is 384 g/mol. The lowest BCUT2D eigenvalue weighted by molar-refractivity contribution is -0.125. The van der Waals surface area contributed by atoms with Crippen LogP contribution in [0.15, 0.2) is 12.1 Å². The minimum atomic E-state index is -0.735. The first kappa shape index (κ1) is 19.8. The highest BCUT2D eigenvalue weighted by atomic mass is 35.5. The lowest BCUT2D eigenvalue weighted by Crippen LogP contribution is -2.37. The molecule has 1 fully saturated rings. The van der Waals surface area contributed by atoms with Crippen LogP contribution in [-0.4, -0.2) is 44.1 Å². The maximum Gasteiger partial charge on any atom is 0.338 e. The Morgan fingerprint density at radius 2 is 2.00 bits per heavy atom. The zero-order chi connectivity index (χ0) is 19.3. The van der Waals surface area contributed by atoms with Gasteiger partial charge in [0.15, 0.2) is 24.7 Å². The number of halogens is 1. The Labute approximate surface area is 155 Å². The Hall–Kier alpha value is -2.48. The molecule has 142 valence electrons. The predicted octanol–water partition coefficient (Wildman–Crippen LogP) is 1.28. The number of carbonyl (C=O) groups excluding carboxylic acids is 3. The van der Waals surface area contributed by atoms with Gasteiger partial charge in [0.05, 0.1) is 17.7 Å². The fourth-order valence-electron chi connectivity index (χ4n) is 2.35. The molecule has 2 amide bonds. The third-order valence-corrected chi connectivity index (χ3v) is 4.16. The molecule has 1 aliphatic rings. The van der Waals surface area contributed by atoms with Crippen molar-refractivity contribution in [3.05, 3.63) is 22.7 Å². The van der Waals surface area contributed by atoms with Crippen molar-refractivity contribution < 1.29 is 28.6 Å². The number of benzene rings is 1. The molecule has 1 aromatic carbocycles. The van der Waals surface area contributed by atoms with E-state index in [1.807, 2.05) is 6.92 Å². The van der Waals surface area contributed by atoms with Crippen molar-refractivity contribution in [2.45, 2.75) is 25.8 Å². The maximum atomic E-state index is 12.1. The van der Waals surface area contributed by atoms with Gasteiger partial charge in [0.2, 0.25) is 0 Å². The molecule has 0 radical (unpaired) electrons. The number of esters is 1. The maximum absolute atomic E-state index is 12.1. The number of hydrogen-bond acceptors (Lipinski definition) is 6. The number of carbonyl (C=O) groups is 3. The SMILES string of the molecule is COc1cc(C(=O)OCC(=O)NC(C)C2CC2)cc(Cl)c1OCC(N)=O. The van der Waals surface area contributed by atoms with Gasteiger partial charge in [0.1, 0.15) is 0 Å². The minimum Gasteiger partial charge on any atom is -0.493 e. The first-order valence-electron chi connectivity index (χ1n) is 8.07. The van der Waals surface area contributed by atoms with Gasteiger partial charge in [0.25, 0.3) is 11.8 Å². The van der Waals surface area contributed by atoms with Gasteiger partial charge in [-0.25, -0.2) is 4.79 Å². The zero-order valence-electron chi connectivity index (χ0n) is 14.5. The van der Waals surface area contributed by atoms with Gasteiger partial charge in [0, 0.05) is 6.04 Å². The second-order valence-electron chi connectivity index (χ2n) is 6.01. The van der Waals surface area contributed by atoms with Crippen molar-refractivity contribution in [3.63, 3.8) is 0 Å². The van der Waals surface area contributed by atoms with E-state index in [2.05, 4.69) is 5.32 Å². The fraction of sp³-hybridized carbons (Fsp3) is 0.471. The third kappa shape index (κ3) is 5.52. The normalized spacial score (nSPS) is 14.3. The van der Waals surface area contributed by atoms with Crippen LogP contribution in [-0.2, 0) is 14.3 Å². The minimum absolute atomic E-state index is 0.0457. The molecule has 0 spiro atoms. The van der Waals surface area contributed by atoms with Gasteiger partial charge in [-0.1, -0.05) is 11.6 Å². The summed E-state index contributed by atoms with van der Waals surface area (Å²) in [6.45, 7) is 1.14. The summed E-state index contributed by atoms with van der Waals surface area (Å²) < 4.78 is 15.3. The Bertz CT molecular complexity index is 705.